The first kappa shape index (κ1) is 24.6. The second-order valence-electron chi connectivity index (χ2n) is 7.98. The molecule has 0 unspecified atom stereocenters. The SMILES string of the molecule is COCCCOc1cc(C[C@H](n2ccc(=O)c(C(=O)O)c2)C(C)(C)C)c(I)nc1Cl. The van der Waals surface area contributed by atoms with E-state index in [4.69, 9.17) is 21.1 Å². The van der Waals surface area contributed by atoms with Crippen LogP contribution in [-0.4, -0.2) is 41.0 Å². The fraction of sp³-hybridized carbons (Fsp3) is 0.476. The normalized spacial score (nSPS) is 12.6. The van der Waals surface area contributed by atoms with Crippen molar-refractivity contribution in [3.63, 3.8) is 0 Å². The highest BCUT2D eigenvalue weighted by molar-refractivity contribution is 14.1. The van der Waals surface area contributed by atoms with Crippen LogP contribution in [0.5, 0.6) is 5.75 Å². The maximum absolute atomic E-state index is 11.9. The number of pyridine rings is 2. The lowest BCUT2D eigenvalue weighted by atomic mass is 9.83. The van der Waals surface area contributed by atoms with E-state index in [2.05, 4.69) is 48.3 Å². The monoisotopic (exact) mass is 548 g/mol. The topological polar surface area (TPSA) is 90.7 Å². The lowest BCUT2D eigenvalue weighted by Crippen LogP contribution is -2.29. The molecule has 9 heteroatoms. The zero-order valence-corrected chi connectivity index (χ0v) is 20.4. The predicted molar refractivity (Wildman–Crippen MR) is 124 cm³/mol. The van der Waals surface area contributed by atoms with Crippen LogP contribution in [0.4, 0.5) is 0 Å². The number of carboxylic acids is 1. The molecule has 0 fully saturated rings. The van der Waals surface area contributed by atoms with Gasteiger partial charge in [-0.15, -0.1) is 0 Å². The third kappa shape index (κ3) is 6.42. The first-order chi connectivity index (χ1) is 14.0. The van der Waals surface area contributed by atoms with Crippen LogP contribution in [0.2, 0.25) is 5.15 Å². The molecule has 0 spiro atoms. The standard InChI is InChI=1S/C21H26ClIN2O5/c1-21(2,3)17(25-7-6-15(26)14(12-25)20(27)28)11-13-10-16(18(22)24-19(13)23)30-9-5-8-29-4/h6-7,10,12,17H,5,8-9,11H2,1-4H3,(H,27,28)/t17-/m0/s1. The Morgan fingerprint density at radius 1 is 1.37 bits per heavy atom. The summed E-state index contributed by atoms with van der Waals surface area (Å²) in [6, 6.07) is 3.04. The van der Waals surface area contributed by atoms with Gasteiger partial charge in [-0.3, -0.25) is 4.79 Å². The molecule has 2 aromatic heterocycles. The van der Waals surface area contributed by atoms with E-state index in [1.165, 1.54) is 12.3 Å². The summed E-state index contributed by atoms with van der Waals surface area (Å²) in [7, 11) is 1.64. The van der Waals surface area contributed by atoms with Gasteiger partial charge in [0.25, 0.3) is 0 Å². The number of carboxylic acid groups (broad SMARTS) is 1. The molecule has 7 nitrogen and oxygen atoms in total. The van der Waals surface area contributed by atoms with Crippen molar-refractivity contribution in [1.29, 1.82) is 0 Å². The van der Waals surface area contributed by atoms with E-state index in [0.717, 1.165) is 15.7 Å². The van der Waals surface area contributed by atoms with Gasteiger partial charge in [0.2, 0.25) is 0 Å². The molecule has 0 amide bonds. The Bertz CT molecular complexity index is 955. The molecule has 2 rings (SSSR count). The van der Waals surface area contributed by atoms with Crippen molar-refractivity contribution in [2.24, 2.45) is 5.41 Å². The Morgan fingerprint density at radius 3 is 2.67 bits per heavy atom. The number of ether oxygens (including phenoxy) is 2. The first-order valence-electron chi connectivity index (χ1n) is 9.46. The van der Waals surface area contributed by atoms with Crippen molar-refractivity contribution in [1.82, 2.24) is 9.55 Å². The first-order valence-corrected chi connectivity index (χ1v) is 10.9. The average Bonchev–Trinajstić information content (AvgIpc) is 2.65. The number of rotatable bonds is 9. The lowest BCUT2D eigenvalue weighted by Gasteiger charge is -2.33. The Morgan fingerprint density at radius 2 is 2.07 bits per heavy atom. The van der Waals surface area contributed by atoms with Crippen molar-refractivity contribution in [2.75, 3.05) is 20.3 Å². The summed E-state index contributed by atoms with van der Waals surface area (Å²) in [6.07, 6.45) is 4.32. The van der Waals surface area contributed by atoms with E-state index in [-0.39, 0.29) is 17.0 Å². The Labute approximate surface area is 194 Å². The van der Waals surface area contributed by atoms with Crippen LogP contribution in [0.1, 0.15) is 49.2 Å². The van der Waals surface area contributed by atoms with Crippen LogP contribution in [0.15, 0.2) is 29.3 Å². The van der Waals surface area contributed by atoms with E-state index < -0.39 is 11.4 Å². The molecule has 0 aliphatic carbocycles. The minimum absolute atomic E-state index is 0.131. The van der Waals surface area contributed by atoms with E-state index in [1.807, 2.05) is 6.07 Å². The molecule has 0 aliphatic rings. The molecule has 2 heterocycles. The van der Waals surface area contributed by atoms with E-state index in [0.29, 0.717) is 30.5 Å². The molecule has 0 saturated carbocycles. The van der Waals surface area contributed by atoms with Crippen molar-refractivity contribution in [3.8, 4) is 5.75 Å². The molecule has 0 bridgehead atoms. The van der Waals surface area contributed by atoms with Gasteiger partial charge >= 0.3 is 5.97 Å². The summed E-state index contributed by atoms with van der Waals surface area (Å²) in [5.41, 5.74) is -0.0662. The van der Waals surface area contributed by atoms with Gasteiger partial charge in [0.1, 0.15) is 9.26 Å². The molecule has 1 N–H and O–H groups in total. The Balaban J connectivity index is 2.39. The highest BCUT2D eigenvalue weighted by Crippen LogP contribution is 2.36. The number of halogens is 2. The summed E-state index contributed by atoms with van der Waals surface area (Å²) in [5.74, 6) is -0.738. The second kappa shape index (κ2) is 10.6. The van der Waals surface area contributed by atoms with Gasteiger partial charge in [-0.25, -0.2) is 9.78 Å². The molecular formula is C21H26ClIN2O5. The van der Waals surface area contributed by atoms with E-state index in [1.54, 1.807) is 17.9 Å². The molecule has 2 aromatic rings. The van der Waals surface area contributed by atoms with Gasteiger partial charge in [-0.05, 0) is 46.1 Å². The highest BCUT2D eigenvalue weighted by Gasteiger charge is 2.28. The zero-order valence-electron chi connectivity index (χ0n) is 17.4. The van der Waals surface area contributed by atoms with Crippen LogP contribution in [0.3, 0.4) is 0 Å². The van der Waals surface area contributed by atoms with E-state index in [9.17, 15) is 14.7 Å². The molecule has 0 radical (unpaired) electrons. The van der Waals surface area contributed by atoms with Crippen LogP contribution >= 0.6 is 34.2 Å². The number of nitrogens with zero attached hydrogens (tertiary/aromatic N) is 2. The number of carbonyl (C=O) groups is 1. The zero-order chi connectivity index (χ0) is 22.5. The summed E-state index contributed by atoms with van der Waals surface area (Å²) >= 11 is 8.39. The largest absolute Gasteiger partial charge is 0.490 e. The van der Waals surface area contributed by atoms with Crippen molar-refractivity contribution in [3.05, 3.63) is 54.7 Å². The summed E-state index contributed by atoms with van der Waals surface area (Å²) in [5, 5.41) is 9.63. The van der Waals surface area contributed by atoms with Gasteiger partial charge in [-0.1, -0.05) is 32.4 Å². The van der Waals surface area contributed by atoms with Gasteiger partial charge < -0.3 is 19.1 Å². The lowest BCUT2D eigenvalue weighted by molar-refractivity contribution is 0.0693. The summed E-state index contributed by atoms with van der Waals surface area (Å²) in [4.78, 5) is 27.7. The number of hydrogen-bond donors (Lipinski definition) is 1. The van der Waals surface area contributed by atoms with Crippen molar-refractivity contribution in [2.45, 2.75) is 39.7 Å². The fourth-order valence-electron chi connectivity index (χ4n) is 3.04. The van der Waals surface area contributed by atoms with Crippen molar-refractivity contribution < 1.29 is 19.4 Å². The molecule has 0 aliphatic heterocycles. The minimum atomic E-state index is -1.24. The Hall–Kier alpha value is -1.65. The van der Waals surface area contributed by atoms with Gasteiger partial charge in [0, 0.05) is 44.6 Å². The van der Waals surface area contributed by atoms with Gasteiger partial charge in [0.05, 0.1) is 6.61 Å². The molecule has 1 atom stereocenters. The maximum atomic E-state index is 11.9. The number of aromatic carboxylic acids is 1. The van der Waals surface area contributed by atoms with Crippen LogP contribution in [-0.2, 0) is 11.2 Å². The third-order valence-corrected chi connectivity index (χ3v) is 5.87. The highest BCUT2D eigenvalue weighted by atomic mass is 127. The van der Waals surface area contributed by atoms with Gasteiger partial charge in [0.15, 0.2) is 16.3 Å². The fourth-order valence-corrected chi connectivity index (χ4v) is 3.99. The number of methoxy groups -OCH3 is 1. The Kier molecular flexibility index (Phi) is 8.69. The van der Waals surface area contributed by atoms with Crippen LogP contribution < -0.4 is 10.2 Å². The summed E-state index contributed by atoms with van der Waals surface area (Å²) < 4.78 is 13.3. The number of aromatic nitrogens is 2. The van der Waals surface area contributed by atoms with Gasteiger partial charge in [-0.2, -0.15) is 0 Å². The smallest absolute Gasteiger partial charge is 0.341 e. The molecule has 0 saturated heterocycles. The van der Waals surface area contributed by atoms with Crippen molar-refractivity contribution >= 4 is 40.2 Å². The number of hydrogen-bond acceptors (Lipinski definition) is 5. The molecule has 0 aromatic carbocycles. The quantitative estimate of drug-likeness (QED) is 0.283. The van der Waals surface area contributed by atoms with E-state index >= 15 is 0 Å². The predicted octanol–water partition coefficient (Wildman–Crippen LogP) is 4.44. The maximum Gasteiger partial charge on any atom is 0.341 e. The van der Waals surface area contributed by atoms with Crippen LogP contribution in [0.25, 0.3) is 0 Å². The molecule has 30 heavy (non-hydrogen) atoms. The average molecular weight is 549 g/mol. The van der Waals surface area contributed by atoms with Crippen LogP contribution in [0, 0.1) is 9.12 Å². The summed E-state index contributed by atoms with van der Waals surface area (Å²) in [6.45, 7) is 7.24. The third-order valence-electron chi connectivity index (χ3n) is 4.67. The molecule has 164 valence electrons. The molecular weight excluding hydrogens is 523 g/mol. The minimum Gasteiger partial charge on any atom is -0.490 e. The second-order valence-corrected chi connectivity index (χ2v) is 9.36.